The summed E-state index contributed by atoms with van der Waals surface area (Å²) in [6.07, 6.45) is 8.86. The molecule has 0 aliphatic heterocycles. The Labute approximate surface area is 107 Å². The van der Waals surface area contributed by atoms with Crippen molar-refractivity contribution in [1.29, 1.82) is 0 Å². The molecule has 0 bridgehead atoms. The van der Waals surface area contributed by atoms with Crippen molar-refractivity contribution in [2.45, 2.75) is 0 Å². The first-order chi connectivity index (χ1) is 8.93. The van der Waals surface area contributed by atoms with Crippen molar-refractivity contribution in [2.24, 2.45) is 0 Å². The van der Waals surface area contributed by atoms with E-state index in [9.17, 15) is 0 Å². The summed E-state index contributed by atoms with van der Waals surface area (Å²) >= 11 is 0. The number of allylic oxidation sites excluding steroid dienone is 4. The van der Waals surface area contributed by atoms with E-state index in [2.05, 4.69) is 72.8 Å². The second-order valence-electron chi connectivity index (χ2n) is 4.67. The molecule has 0 saturated heterocycles. The van der Waals surface area contributed by atoms with Crippen molar-refractivity contribution in [2.75, 3.05) is 0 Å². The summed E-state index contributed by atoms with van der Waals surface area (Å²) in [5.74, 6) is 0. The van der Waals surface area contributed by atoms with Crippen molar-refractivity contribution in [1.82, 2.24) is 0 Å². The molecule has 0 radical (unpaired) electrons. The van der Waals surface area contributed by atoms with Gasteiger partial charge in [0, 0.05) is 0 Å². The van der Waals surface area contributed by atoms with Crippen molar-refractivity contribution < 1.29 is 0 Å². The Bertz CT molecular complexity index is 664. The molecule has 0 saturated carbocycles. The zero-order valence-electron chi connectivity index (χ0n) is 9.93. The van der Waals surface area contributed by atoms with Crippen LogP contribution in [0.3, 0.4) is 0 Å². The second kappa shape index (κ2) is 3.58. The predicted octanol–water partition coefficient (Wildman–Crippen LogP) is 4.65. The van der Waals surface area contributed by atoms with Crippen LogP contribution < -0.4 is 0 Å². The van der Waals surface area contributed by atoms with Gasteiger partial charge in [-0.05, 0) is 33.4 Å². The van der Waals surface area contributed by atoms with E-state index in [-0.39, 0.29) is 0 Å². The molecule has 0 aromatic heterocycles. The van der Waals surface area contributed by atoms with Gasteiger partial charge in [0.2, 0.25) is 0 Å². The Balaban J connectivity index is 1.99. The summed E-state index contributed by atoms with van der Waals surface area (Å²) in [6.45, 7) is 0. The Morgan fingerprint density at radius 2 is 0.889 bits per heavy atom. The van der Waals surface area contributed by atoms with Gasteiger partial charge in [0.05, 0.1) is 0 Å². The Kier molecular flexibility index (Phi) is 1.92. The predicted molar refractivity (Wildman–Crippen MR) is 77.8 cm³/mol. The lowest BCUT2D eigenvalue weighted by Crippen LogP contribution is -1.86. The van der Waals surface area contributed by atoms with Gasteiger partial charge in [0.15, 0.2) is 0 Å². The molecule has 0 fully saturated rings. The van der Waals surface area contributed by atoms with E-state index in [0.29, 0.717) is 0 Å². The summed E-state index contributed by atoms with van der Waals surface area (Å²) < 4.78 is 0. The van der Waals surface area contributed by atoms with E-state index in [4.69, 9.17) is 0 Å². The van der Waals surface area contributed by atoms with E-state index >= 15 is 0 Å². The molecule has 4 rings (SSSR count). The maximum atomic E-state index is 2.23. The lowest BCUT2D eigenvalue weighted by atomic mass is 9.97. The first kappa shape index (κ1) is 9.67. The highest BCUT2D eigenvalue weighted by atomic mass is 14.2. The van der Waals surface area contributed by atoms with Crippen LogP contribution in [0.15, 0.2) is 60.7 Å². The van der Waals surface area contributed by atoms with Crippen LogP contribution in [0, 0.1) is 0 Å². The lowest BCUT2D eigenvalue weighted by molar-refractivity contribution is 1.59. The van der Waals surface area contributed by atoms with Gasteiger partial charge < -0.3 is 0 Å². The van der Waals surface area contributed by atoms with E-state index in [1.165, 1.54) is 33.4 Å². The minimum absolute atomic E-state index is 1.32. The first-order valence-electron chi connectivity index (χ1n) is 6.23. The molecule has 2 aliphatic carbocycles. The molecule has 0 nitrogen and oxygen atoms in total. The van der Waals surface area contributed by atoms with Gasteiger partial charge in [-0.2, -0.15) is 0 Å². The topological polar surface area (TPSA) is 0 Å². The summed E-state index contributed by atoms with van der Waals surface area (Å²) in [7, 11) is 0. The zero-order chi connectivity index (χ0) is 11.9. The van der Waals surface area contributed by atoms with Gasteiger partial charge in [-0.25, -0.2) is 0 Å². The third-order valence-electron chi connectivity index (χ3n) is 3.65. The van der Waals surface area contributed by atoms with Crippen LogP contribution >= 0.6 is 0 Å². The molecular formula is C18H12. The largest absolute Gasteiger partial charge is 0.0616 e. The number of hydrogen-bond acceptors (Lipinski definition) is 0. The quantitative estimate of drug-likeness (QED) is 0.615. The molecule has 0 atom stereocenters. The third kappa shape index (κ3) is 1.26. The number of fused-ring (bicyclic) bond motifs is 2. The van der Waals surface area contributed by atoms with Crippen molar-refractivity contribution in [3.63, 3.8) is 0 Å². The van der Waals surface area contributed by atoms with E-state index < -0.39 is 0 Å². The van der Waals surface area contributed by atoms with Crippen LogP contribution in [-0.2, 0) is 0 Å². The number of benzene rings is 2. The zero-order valence-corrected chi connectivity index (χ0v) is 9.93. The number of hydrogen-bond donors (Lipinski definition) is 0. The highest BCUT2D eigenvalue weighted by molar-refractivity contribution is 6.09. The smallest absolute Gasteiger partial charge is 0.00990 e. The van der Waals surface area contributed by atoms with Crippen molar-refractivity contribution >= 4 is 23.3 Å². The fourth-order valence-electron chi connectivity index (χ4n) is 2.77. The highest BCUT2D eigenvalue weighted by Crippen LogP contribution is 2.39. The van der Waals surface area contributed by atoms with Gasteiger partial charge in [0.25, 0.3) is 0 Å². The summed E-state index contributed by atoms with van der Waals surface area (Å²) in [5.41, 5.74) is 8.00. The van der Waals surface area contributed by atoms with Crippen LogP contribution in [0.1, 0.15) is 22.3 Å². The van der Waals surface area contributed by atoms with Crippen molar-refractivity contribution in [3.05, 3.63) is 82.9 Å². The molecule has 18 heavy (non-hydrogen) atoms. The SMILES string of the molecule is C1=Cc2ccccc2/C1=C1\C=Cc2ccccc21. The average molecular weight is 228 g/mol. The molecule has 0 unspecified atom stereocenters. The van der Waals surface area contributed by atoms with Gasteiger partial charge in [-0.15, -0.1) is 0 Å². The molecule has 0 heterocycles. The van der Waals surface area contributed by atoms with E-state index in [1.54, 1.807) is 0 Å². The van der Waals surface area contributed by atoms with Crippen LogP contribution in [0.4, 0.5) is 0 Å². The minimum atomic E-state index is 1.32. The van der Waals surface area contributed by atoms with Gasteiger partial charge in [-0.1, -0.05) is 72.8 Å². The van der Waals surface area contributed by atoms with Crippen LogP contribution in [0.5, 0.6) is 0 Å². The first-order valence-corrected chi connectivity index (χ1v) is 6.23. The summed E-state index contributed by atoms with van der Waals surface area (Å²) in [6, 6.07) is 17.1. The van der Waals surface area contributed by atoms with Crippen LogP contribution in [0.2, 0.25) is 0 Å². The Hall–Kier alpha value is -2.34. The highest BCUT2D eigenvalue weighted by Gasteiger charge is 2.18. The van der Waals surface area contributed by atoms with Crippen LogP contribution in [0.25, 0.3) is 23.3 Å². The Morgan fingerprint density at radius 3 is 1.39 bits per heavy atom. The molecule has 0 heteroatoms. The van der Waals surface area contributed by atoms with Crippen LogP contribution in [-0.4, -0.2) is 0 Å². The molecule has 2 aromatic rings. The minimum Gasteiger partial charge on any atom is -0.0616 e. The standard InChI is InChI=1S/C18H12/c1-3-7-15-13(5-1)9-11-17(15)18-12-10-14-6-2-4-8-16(14)18/h1-12H/b18-17+. The van der Waals surface area contributed by atoms with Gasteiger partial charge in [-0.3, -0.25) is 0 Å². The normalized spacial score (nSPS) is 19.1. The fraction of sp³-hybridized carbons (Fsp3) is 0. The lowest BCUT2D eigenvalue weighted by Gasteiger charge is -2.06. The summed E-state index contributed by atoms with van der Waals surface area (Å²) in [4.78, 5) is 0. The third-order valence-corrected chi connectivity index (χ3v) is 3.65. The second-order valence-corrected chi connectivity index (χ2v) is 4.67. The average Bonchev–Trinajstić information content (AvgIpc) is 3.01. The molecule has 2 aliphatic rings. The molecule has 0 N–H and O–H groups in total. The Morgan fingerprint density at radius 1 is 0.444 bits per heavy atom. The fourth-order valence-corrected chi connectivity index (χ4v) is 2.77. The van der Waals surface area contributed by atoms with Crippen molar-refractivity contribution in [3.8, 4) is 0 Å². The molecular weight excluding hydrogens is 216 g/mol. The molecule has 0 amide bonds. The molecule has 84 valence electrons. The molecule has 0 spiro atoms. The maximum Gasteiger partial charge on any atom is -0.00990 e. The monoisotopic (exact) mass is 228 g/mol. The van der Waals surface area contributed by atoms with E-state index in [0.717, 1.165) is 0 Å². The maximum absolute atomic E-state index is 2.23. The molecule has 2 aromatic carbocycles. The summed E-state index contributed by atoms with van der Waals surface area (Å²) in [5, 5.41) is 0. The number of rotatable bonds is 0. The van der Waals surface area contributed by atoms with E-state index in [1.807, 2.05) is 0 Å². The van der Waals surface area contributed by atoms with Gasteiger partial charge in [0.1, 0.15) is 0 Å². The van der Waals surface area contributed by atoms with Gasteiger partial charge >= 0.3 is 0 Å².